The van der Waals surface area contributed by atoms with Crippen molar-refractivity contribution in [1.82, 2.24) is 19.9 Å². The summed E-state index contributed by atoms with van der Waals surface area (Å²) in [5.74, 6) is 1.92. The molecule has 2 saturated heterocycles. The number of carbonyl (C=O) groups excluding carboxylic acids is 1. The van der Waals surface area contributed by atoms with E-state index in [0.717, 1.165) is 22.3 Å². The first-order valence-electron chi connectivity index (χ1n) is 10.7. The van der Waals surface area contributed by atoms with Gasteiger partial charge in [-0.05, 0) is 31.2 Å². The number of nitrogens with one attached hydrogen (secondary N) is 1. The van der Waals surface area contributed by atoms with Gasteiger partial charge >= 0.3 is 0 Å². The van der Waals surface area contributed by atoms with E-state index in [-0.39, 0.29) is 24.0 Å². The normalized spacial score (nSPS) is 19.5. The number of benzene rings is 1. The van der Waals surface area contributed by atoms with Crippen molar-refractivity contribution in [2.24, 2.45) is 5.92 Å². The SMILES string of the molecule is COc1ccc(-c2cc3ncn(C4COC4)c3c(O[C@H](C)C3CNC(=O)C3)n2)cc1OC. The van der Waals surface area contributed by atoms with Gasteiger partial charge < -0.3 is 28.8 Å². The van der Waals surface area contributed by atoms with Crippen LogP contribution >= 0.6 is 0 Å². The Kier molecular flexibility index (Phi) is 5.34. The first kappa shape index (κ1) is 20.6. The summed E-state index contributed by atoms with van der Waals surface area (Å²) in [6, 6.07) is 7.82. The van der Waals surface area contributed by atoms with E-state index in [1.54, 1.807) is 14.2 Å². The van der Waals surface area contributed by atoms with Crippen molar-refractivity contribution in [3.05, 3.63) is 30.6 Å². The molecular weight excluding hydrogens is 412 g/mol. The number of rotatable bonds is 7. The van der Waals surface area contributed by atoms with E-state index in [1.165, 1.54) is 0 Å². The third-order valence-electron chi connectivity index (χ3n) is 6.18. The zero-order valence-corrected chi connectivity index (χ0v) is 18.3. The Balaban J connectivity index is 1.57. The average Bonchev–Trinajstić information content (AvgIpc) is 3.38. The number of aromatic nitrogens is 3. The summed E-state index contributed by atoms with van der Waals surface area (Å²) in [7, 11) is 3.21. The van der Waals surface area contributed by atoms with E-state index in [9.17, 15) is 4.79 Å². The number of hydrogen-bond acceptors (Lipinski definition) is 7. The van der Waals surface area contributed by atoms with Crippen LogP contribution in [0.3, 0.4) is 0 Å². The predicted octanol–water partition coefficient (Wildman–Crippen LogP) is 2.59. The van der Waals surface area contributed by atoms with Crippen molar-refractivity contribution >= 4 is 16.9 Å². The van der Waals surface area contributed by atoms with Crippen LogP contribution in [-0.2, 0) is 9.53 Å². The molecule has 4 heterocycles. The molecule has 2 aliphatic rings. The highest BCUT2D eigenvalue weighted by Crippen LogP contribution is 2.36. The number of amides is 1. The molecule has 1 unspecified atom stereocenters. The molecule has 2 atom stereocenters. The van der Waals surface area contributed by atoms with Gasteiger partial charge in [0.1, 0.15) is 11.6 Å². The maximum absolute atomic E-state index is 11.7. The average molecular weight is 438 g/mol. The van der Waals surface area contributed by atoms with Gasteiger partial charge in [0, 0.05) is 24.4 Å². The standard InChI is InChI=1S/C23H26N4O5/c1-13(15-7-21(28)24-9-15)32-23-22-18(25-12-27(22)16-10-31-11-16)8-17(26-23)14-4-5-19(29-2)20(6-14)30-3/h4-6,8,12-13,15-16H,7,9-11H2,1-3H3,(H,24,28)/t13-,15?/m1/s1. The lowest BCUT2D eigenvalue weighted by Crippen LogP contribution is -2.30. The number of ether oxygens (including phenoxy) is 4. The van der Waals surface area contributed by atoms with Crippen molar-refractivity contribution in [2.45, 2.75) is 25.5 Å². The topological polar surface area (TPSA) is 96.7 Å². The van der Waals surface area contributed by atoms with Gasteiger partial charge in [0.05, 0.1) is 51.0 Å². The van der Waals surface area contributed by atoms with Crippen LogP contribution in [0.25, 0.3) is 22.3 Å². The largest absolute Gasteiger partial charge is 0.493 e. The molecule has 9 heteroatoms. The van der Waals surface area contributed by atoms with Crippen LogP contribution < -0.4 is 19.5 Å². The van der Waals surface area contributed by atoms with Crippen molar-refractivity contribution in [1.29, 1.82) is 0 Å². The maximum atomic E-state index is 11.7. The molecule has 1 amide bonds. The number of carbonyl (C=O) groups is 1. The van der Waals surface area contributed by atoms with Gasteiger partial charge in [0.15, 0.2) is 11.5 Å². The summed E-state index contributed by atoms with van der Waals surface area (Å²) in [6.07, 6.45) is 2.08. The Hall–Kier alpha value is -3.33. The van der Waals surface area contributed by atoms with Crippen LogP contribution in [0.2, 0.25) is 0 Å². The van der Waals surface area contributed by atoms with Crippen molar-refractivity contribution in [2.75, 3.05) is 34.0 Å². The second-order valence-electron chi connectivity index (χ2n) is 8.18. The Morgan fingerprint density at radius 2 is 2.00 bits per heavy atom. The van der Waals surface area contributed by atoms with Crippen LogP contribution in [-0.4, -0.2) is 60.5 Å². The van der Waals surface area contributed by atoms with E-state index in [4.69, 9.17) is 23.9 Å². The Bertz CT molecular complexity index is 1160. The molecule has 1 aromatic carbocycles. The number of nitrogens with zero attached hydrogens (tertiary/aromatic N) is 3. The van der Waals surface area contributed by atoms with Crippen LogP contribution in [0.5, 0.6) is 17.4 Å². The predicted molar refractivity (Wildman–Crippen MR) is 117 cm³/mol. The number of imidazole rings is 1. The third-order valence-corrected chi connectivity index (χ3v) is 6.18. The maximum Gasteiger partial charge on any atom is 0.241 e. The van der Waals surface area contributed by atoms with E-state index < -0.39 is 0 Å². The molecule has 1 N–H and O–H groups in total. The Labute approximate surface area is 185 Å². The van der Waals surface area contributed by atoms with Gasteiger partial charge in [-0.15, -0.1) is 0 Å². The van der Waals surface area contributed by atoms with Gasteiger partial charge in [0.25, 0.3) is 0 Å². The van der Waals surface area contributed by atoms with Crippen LogP contribution in [0.1, 0.15) is 19.4 Å². The quantitative estimate of drug-likeness (QED) is 0.606. The first-order chi connectivity index (χ1) is 15.6. The van der Waals surface area contributed by atoms with Crippen molar-refractivity contribution in [3.8, 4) is 28.6 Å². The minimum absolute atomic E-state index is 0.0549. The van der Waals surface area contributed by atoms with Gasteiger partial charge in [-0.3, -0.25) is 4.79 Å². The molecule has 2 aromatic heterocycles. The zero-order chi connectivity index (χ0) is 22.2. The van der Waals surface area contributed by atoms with Gasteiger partial charge in [-0.2, -0.15) is 0 Å². The smallest absolute Gasteiger partial charge is 0.241 e. The van der Waals surface area contributed by atoms with E-state index >= 15 is 0 Å². The first-order valence-corrected chi connectivity index (χ1v) is 10.7. The van der Waals surface area contributed by atoms with E-state index in [1.807, 2.05) is 37.5 Å². The third kappa shape index (κ3) is 3.62. The molecule has 5 rings (SSSR count). The van der Waals surface area contributed by atoms with E-state index in [0.29, 0.717) is 43.6 Å². The molecule has 0 radical (unpaired) electrons. The monoisotopic (exact) mass is 438 g/mol. The summed E-state index contributed by atoms with van der Waals surface area (Å²) in [4.78, 5) is 21.2. The van der Waals surface area contributed by atoms with Crippen molar-refractivity contribution in [3.63, 3.8) is 0 Å². The second kappa shape index (κ2) is 8.31. The summed E-state index contributed by atoms with van der Waals surface area (Å²) >= 11 is 0. The van der Waals surface area contributed by atoms with Crippen LogP contribution in [0.4, 0.5) is 0 Å². The molecule has 0 saturated carbocycles. The molecule has 0 bridgehead atoms. The summed E-state index contributed by atoms with van der Waals surface area (Å²) in [6.45, 7) is 3.86. The molecular formula is C23H26N4O5. The van der Waals surface area contributed by atoms with Gasteiger partial charge in [-0.25, -0.2) is 9.97 Å². The lowest BCUT2D eigenvalue weighted by molar-refractivity contribution is -0.119. The Morgan fingerprint density at radius 1 is 1.19 bits per heavy atom. The lowest BCUT2D eigenvalue weighted by Gasteiger charge is -2.28. The highest BCUT2D eigenvalue weighted by Gasteiger charge is 2.30. The molecule has 3 aromatic rings. The molecule has 168 valence electrons. The highest BCUT2D eigenvalue weighted by molar-refractivity contribution is 5.85. The summed E-state index contributed by atoms with van der Waals surface area (Å²) < 4.78 is 24.7. The van der Waals surface area contributed by atoms with Gasteiger partial charge in [-0.1, -0.05) is 0 Å². The molecule has 0 aliphatic carbocycles. The number of fused-ring (bicyclic) bond motifs is 1. The number of pyridine rings is 1. The van der Waals surface area contributed by atoms with Gasteiger partial charge in [0.2, 0.25) is 11.8 Å². The molecule has 0 spiro atoms. The van der Waals surface area contributed by atoms with E-state index in [2.05, 4.69) is 14.9 Å². The molecule has 2 aliphatic heterocycles. The van der Waals surface area contributed by atoms with Crippen molar-refractivity contribution < 1.29 is 23.7 Å². The lowest BCUT2D eigenvalue weighted by atomic mass is 10.0. The summed E-state index contributed by atoms with van der Waals surface area (Å²) in [5, 5.41) is 2.88. The fourth-order valence-corrected chi connectivity index (χ4v) is 4.14. The molecule has 9 nitrogen and oxygen atoms in total. The van der Waals surface area contributed by atoms with Crippen LogP contribution in [0, 0.1) is 5.92 Å². The minimum atomic E-state index is -0.189. The summed E-state index contributed by atoms with van der Waals surface area (Å²) in [5.41, 5.74) is 3.21. The highest BCUT2D eigenvalue weighted by atomic mass is 16.5. The number of hydrogen-bond donors (Lipinski definition) is 1. The second-order valence-corrected chi connectivity index (χ2v) is 8.18. The fourth-order valence-electron chi connectivity index (χ4n) is 4.14. The Morgan fingerprint density at radius 3 is 2.66 bits per heavy atom. The number of methoxy groups -OCH3 is 2. The molecule has 32 heavy (non-hydrogen) atoms. The zero-order valence-electron chi connectivity index (χ0n) is 18.3. The molecule has 2 fully saturated rings. The fraction of sp³-hybridized carbons (Fsp3) is 0.435. The minimum Gasteiger partial charge on any atom is -0.493 e. The van der Waals surface area contributed by atoms with Crippen LogP contribution in [0.15, 0.2) is 30.6 Å².